The molecule has 2 aromatic rings. The van der Waals surface area contributed by atoms with E-state index in [9.17, 15) is 9.59 Å². The van der Waals surface area contributed by atoms with Gasteiger partial charge in [-0.25, -0.2) is 14.8 Å². The third-order valence-electron chi connectivity index (χ3n) is 2.88. The highest BCUT2D eigenvalue weighted by molar-refractivity contribution is 7.99. The van der Waals surface area contributed by atoms with Gasteiger partial charge in [-0.1, -0.05) is 0 Å². The first-order chi connectivity index (χ1) is 10.0. The van der Waals surface area contributed by atoms with Crippen LogP contribution in [0.2, 0.25) is 0 Å². The highest BCUT2D eigenvalue weighted by Gasteiger charge is 2.18. The van der Waals surface area contributed by atoms with Gasteiger partial charge in [0, 0.05) is 17.6 Å². The fourth-order valence-corrected chi connectivity index (χ4v) is 3.89. The van der Waals surface area contributed by atoms with Crippen molar-refractivity contribution in [3.05, 3.63) is 16.8 Å². The summed E-state index contributed by atoms with van der Waals surface area (Å²) in [5.74, 6) is -0.473. The van der Waals surface area contributed by atoms with Crippen molar-refractivity contribution in [1.29, 1.82) is 0 Å². The Labute approximate surface area is 129 Å². The molecule has 0 aliphatic rings. The minimum atomic E-state index is -0.947. The van der Waals surface area contributed by atoms with Gasteiger partial charge < -0.3 is 9.84 Å². The predicted octanol–water partition coefficient (Wildman–Crippen LogP) is 2.74. The molecule has 2 heterocycles. The molecule has 0 radical (unpaired) electrons. The lowest BCUT2D eigenvalue weighted by atomic mass is 10.2. The number of aryl methyl sites for hydroxylation is 1. The Kier molecular flexibility index (Phi) is 5.13. The number of hydrogen-bond donors (Lipinski definition) is 1. The molecule has 0 amide bonds. The van der Waals surface area contributed by atoms with Crippen LogP contribution >= 0.6 is 23.1 Å². The smallest absolute Gasteiger partial charge is 0.346 e. The van der Waals surface area contributed by atoms with Crippen LogP contribution in [0.4, 0.5) is 0 Å². The van der Waals surface area contributed by atoms with Crippen LogP contribution in [0.15, 0.2) is 11.4 Å². The van der Waals surface area contributed by atoms with Crippen LogP contribution < -0.4 is 0 Å². The van der Waals surface area contributed by atoms with Crippen molar-refractivity contribution >= 4 is 45.3 Å². The molecule has 1 N–H and O–H groups in total. The normalized spacial score (nSPS) is 10.8. The first-order valence-corrected chi connectivity index (χ1v) is 8.01. The van der Waals surface area contributed by atoms with E-state index in [1.54, 1.807) is 6.92 Å². The zero-order valence-corrected chi connectivity index (χ0v) is 13.2. The van der Waals surface area contributed by atoms with E-state index in [1.165, 1.54) is 25.2 Å². The molecule has 2 aromatic heterocycles. The molecular formula is C13H14N2O4S2. The fraction of sp³-hybridized carbons (Fsp3) is 0.385. The maximum atomic E-state index is 11.2. The SMILES string of the molecule is COC(=O)CCCSc1ncnc2sc(C(=O)O)c(C)c12. The van der Waals surface area contributed by atoms with Crippen molar-refractivity contribution in [2.75, 3.05) is 12.9 Å². The predicted molar refractivity (Wildman–Crippen MR) is 81.1 cm³/mol. The van der Waals surface area contributed by atoms with Crippen LogP contribution in [0.25, 0.3) is 10.2 Å². The van der Waals surface area contributed by atoms with E-state index in [-0.39, 0.29) is 5.97 Å². The highest BCUT2D eigenvalue weighted by atomic mass is 32.2. The maximum Gasteiger partial charge on any atom is 0.346 e. The van der Waals surface area contributed by atoms with Crippen LogP contribution in [-0.2, 0) is 9.53 Å². The molecule has 0 aliphatic heterocycles. The molecule has 0 atom stereocenters. The number of carboxylic acid groups (broad SMARTS) is 1. The number of rotatable bonds is 6. The molecule has 0 spiro atoms. The lowest BCUT2D eigenvalue weighted by Gasteiger charge is -2.03. The number of fused-ring (bicyclic) bond motifs is 1. The summed E-state index contributed by atoms with van der Waals surface area (Å²) in [4.78, 5) is 31.6. The number of ether oxygens (including phenoxy) is 1. The molecular weight excluding hydrogens is 312 g/mol. The van der Waals surface area contributed by atoms with E-state index in [1.807, 2.05) is 0 Å². The summed E-state index contributed by atoms with van der Waals surface area (Å²) in [5, 5.41) is 10.7. The number of hydrogen-bond acceptors (Lipinski definition) is 7. The largest absolute Gasteiger partial charge is 0.477 e. The lowest BCUT2D eigenvalue weighted by Crippen LogP contribution is -2.00. The molecule has 6 nitrogen and oxygen atoms in total. The molecule has 0 saturated heterocycles. The molecule has 0 aliphatic carbocycles. The number of aromatic nitrogens is 2. The van der Waals surface area contributed by atoms with Gasteiger partial charge in [-0.3, -0.25) is 4.79 Å². The highest BCUT2D eigenvalue weighted by Crippen LogP contribution is 2.35. The molecule has 112 valence electrons. The van der Waals surface area contributed by atoms with Gasteiger partial charge >= 0.3 is 11.9 Å². The number of carbonyl (C=O) groups excluding carboxylic acids is 1. The number of aromatic carboxylic acids is 1. The molecule has 0 saturated carbocycles. The Bertz CT molecular complexity index is 684. The Morgan fingerprint density at radius 3 is 2.86 bits per heavy atom. The van der Waals surface area contributed by atoms with Crippen molar-refractivity contribution in [3.8, 4) is 0 Å². The average Bonchev–Trinajstić information content (AvgIpc) is 2.81. The van der Waals surface area contributed by atoms with Crippen molar-refractivity contribution in [3.63, 3.8) is 0 Å². The van der Waals surface area contributed by atoms with E-state index >= 15 is 0 Å². The summed E-state index contributed by atoms with van der Waals surface area (Å²) in [6, 6.07) is 0. The van der Waals surface area contributed by atoms with Crippen LogP contribution in [0.1, 0.15) is 28.1 Å². The summed E-state index contributed by atoms with van der Waals surface area (Å²) in [5.41, 5.74) is 0.693. The van der Waals surface area contributed by atoms with Gasteiger partial charge in [-0.2, -0.15) is 0 Å². The summed E-state index contributed by atoms with van der Waals surface area (Å²) >= 11 is 2.65. The summed E-state index contributed by atoms with van der Waals surface area (Å²) in [7, 11) is 1.37. The van der Waals surface area contributed by atoms with Gasteiger partial charge in [0.25, 0.3) is 0 Å². The quantitative estimate of drug-likeness (QED) is 0.378. The number of thioether (sulfide) groups is 1. The van der Waals surface area contributed by atoms with Gasteiger partial charge in [0.05, 0.1) is 7.11 Å². The minimum absolute atomic E-state index is 0.233. The van der Waals surface area contributed by atoms with Crippen molar-refractivity contribution in [2.45, 2.75) is 24.8 Å². The van der Waals surface area contributed by atoms with E-state index < -0.39 is 5.97 Å². The number of methoxy groups -OCH3 is 1. The molecule has 21 heavy (non-hydrogen) atoms. The van der Waals surface area contributed by atoms with E-state index in [4.69, 9.17) is 5.11 Å². The standard InChI is InChI=1S/C13H14N2O4S2/c1-7-9-11(20-5-3-4-8(16)19-2)14-6-15-12(9)21-10(7)13(17)18/h6H,3-5H2,1-2H3,(H,17,18). The van der Waals surface area contributed by atoms with Crippen LogP contribution in [0.5, 0.6) is 0 Å². The first-order valence-electron chi connectivity index (χ1n) is 6.21. The Morgan fingerprint density at radius 1 is 1.43 bits per heavy atom. The molecule has 2 rings (SSSR count). The van der Waals surface area contributed by atoms with Gasteiger partial charge in [0.15, 0.2) is 0 Å². The third-order valence-corrected chi connectivity index (χ3v) is 5.14. The summed E-state index contributed by atoms with van der Waals surface area (Å²) in [6.45, 7) is 1.77. The monoisotopic (exact) mass is 326 g/mol. The molecule has 8 heteroatoms. The van der Waals surface area contributed by atoms with Crippen LogP contribution in [0, 0.1) is 6.92 Å². The molecule has 0 aromatic carbocycles. The molecule has 0 fully saturated rings. The Morgan fingerprint density at radius 2 is 2.19 bits per heavy atom. The maximum absolute atomic E-state index is 11.2. The minimum Gasteiger partial charge on any atom is -0.477 e. The van der Waals surface area contributed by atoms with Gasteiger partial charge in [-0.15, -0.1) is 23.1 Å². The number of carboxylic acids is 1. The first kappa shape index (κ1) is 15.7. The zero-order valence-electron chi connectivity index (χ0n) is 11.6. The number of esters is 1. The second-order valence-electron chi connectivity index (χ2n) is 4.25. The van der Waals surface area contributed by atoms with Gasteiger partial charge in [0.1, 0.15) is 21.1 Å². The van der Waals surface area contributed by atoms with Gasteiger partial charge in [0.2, 0.25) is 0 Å². The Balaban J connectivity index is 2.16. The average molecular weight is 326 g/mol. The van der Waals surface area contributed by atoms with Crippen molar-refractivity contribution in [1.82, 2.24) is 9.97 Å². The van der Waals surface area contributed by atoms with E-state index in [0.29, 0.717) is 33.9 Å². The second-order valence-corrected chi connectivity index (χ2v) is 6.33. The second kappa shape index (κ2) is 6.86. The summed E-state index contributed by atoms with van der Waals surface area (Å²) < 4.78 is 4.58. The van der Waals surface area contributed by atoms with Crippen LogP contribution in [0.3, 0.4) is 0 Å². The molecule has 0 bridgehead atoms. The third kappa shape index (κ3) is 3.51. The summed E-state index contributed by atoms with van der Waals surface area (Å²) in [6.07, 6.45) is 2.48. The van der Waals surface area contributed by atoms with Gasteiger partial charge in [-0.05, 0) is 18.9 Å². The molecule has 0 unspecified atom stereocenters. The van der Waals surface area contributed by atoms with Crippen LogP contribution in [-0.4, -0.2) is 39.9 Å². The topological polar surface area (TPSA) is 89.4 Å². The van der Waals surface area contributed by atoms with Crippen molar-refractivity contribution < 1.29 is 19.4 Å². The van der Waals surface area contributed by atoms with E-state index in [0.717, 1.165) is 21.7 Å². The number of nitrogens with zero attached hydrogens (tertiary/aromatic N) is 2. The lowest BCUT2D eigenvalue weighted by molar-refractivity contribution is -0.140. The fourth-order valence-electron chi connectivity index (χ4n) is 1.84. The number of thiophene rings is 1. The van der Waals surface area contributed by atoms with Crippen molar-refractivity contribution in [2.24, 2.45) is 0 Å². The zero-order chi connectivity index (χ0) is 15.4. The Hall–Kier alpha value is -1.67. The number of carbonyl (C=O) groups is 2. The van der Waals surface area contributed by atoms with E-state index in [2.05, 4.69) is 14.7 Å².